The van der Waals surface area contributed by atoms with Crippen LogP contribution in [0.15, 0.2) is 36.7 Å². The van der Waals surface area contributed by atoms with Gasteiger partial charge in [-0.05, 0) is 29.8 Å². The normalized spacial score (nSPS) is 17.2. The monoisotopic (exact) mass is 343 g/mol. The number of amides is 1. The van der Waals surface area contributed by atoms with Gasteiger partial charge in [0.1, 0.15) is 5.82 Å². The SMILES string of the molecule is Nc1nc2c(s1)[C@@H](c1cc(F)ccc1-n1cccn1)CC(=O)NC2. The number of nitrogens with zero attached hydrogens (tertiary/aromatic N) is 3. The molecule has 0 unspecified atom stereocenters. The number of carbonyl (C=O) groups is 1. The zero-order valence-electron chi connectivity index (χ0n) is 12.6. The molecule has 8 heteroatoms. The lowest BCUT2D eigenvalue weighted by Gasteiger charge is -2.18. The highest BCUT2D eigenvalue weighted by Gasteiger charge is 2.30. The van der Waals surface area contributed by atoms with Crippen LogP contribution in [0.3, 0.4) is 0 Å². The number of halogens is 1. The van der Waals surface area contributed by atoms with Crippen LogP contribution in [0.25, 0.3) is 5.69 Å². The Labute approximate surface area is 141 Å². The number of anilines is 1. The molecule has 122 valence electrons. The average Bonchev–Trinajstić information content (AvgIpc) is 3.17. The van der Waals surface area contributed by atoms with Gasteiger partial charge in [-0.2, -0.15) is 5.10 Å². The molecule has 3 heterocycles. The fourth-order valence-corrected chi connectivity index (χ4v) is 3.96. The highest BCUT2D eigenvalue weighted by molar-refractivity contribution is 7.15. The van der Waals surface area contributed by atoms with Crippen LogP contribution in [-0.4, -0.2) is 20.7 Å². The molecule has 2 aromatic heterocycles. The zero-order valence-corrected chi connectivity index (χ0v) is 13.4. The van der Waals surface area contributed by atoms with Gasteiger partial charge in [0, 0.05) is 29.6 Å². The molecule has 0 spiro atoms. The van der Waals surface area contributed by atoms with Crippen molar-refractivity contribution in [3.05, 3.63) is 58.6 Å². The Morgan fingerprint density at radius 1 is 1.42 bits per heavy atom. The van der Waals surface area contributed by atoms with Crippen LogP contribution in [0.2, 0.25) is 0 Å². The molecule has 0 radical (unpaired) electrons. The largest absolute Gasteiger partial charge is 0.375 e. The van der Waals surface area contributed by atoms with Gasteiger partial charge in [0.25, 0.3) is 0 Å². The Kier molecular flexibility index (Phi) is 3.53. The Hall–Kier alpha value is -2.74. The second-order valence-corrected chi connectivity index (χ2v) is 6.61. The third-order valence-electron chi connectivity index (χ3n) is 4.02. The predicted molar refractivity (Wildman–Crippen MR) is 88.4 cm³/mol. The minimum atomic E-state index is -0.357. The van der Waals surface area contributed by atoms with E-state index in [4.69, 9.17) is 5.73 Å². The summed E-state index contributed by atoms with van der Waals surface area (Å²) in [6.07, 6.45) is 3.66. The van der Waals surface area contributed by atoms with Gasteiger partial charge in [-0.25, -0.2) is 14.1 Å². The second kappa shape index (κ2) is 5.72. The third kappa shape index (κ3) is 2.54. The maximum absolute atomic E-state index is 14.0. The number of hydrogen-bond acceptors (Lipinski definition) is 5. The highest BCUT2D eigenvalue weighted by atomic mass is 32.1. The minimum Gasteiger partial charge on any atom is -0.375 e. The van der Waals surface area contributed by atoms with Crippen LogP contribution in [0.1, 0.15) is 28.5 Å². The van der Waals surface area contributed by atoms with Gasteiger partial charge in [0.15, 0.2) is 5.13 Å². The summed E-state index contributed by atoms with van der Waals surface area (Å²) in [6.45, 7) is 0.338. The fourth-order valence-electron chi connectivity index (χ4n) is 2.99. The van der Waals surface area contributed by atoms with Crippen molar-refractivity contribution in [3.8, 4) is 5.69 Å². The van der Waals surface area contributed by atoms with Gasteiger partial charge in [-0.1, -0.05) is 0 Å². The standard InChI is InChI=1S/C16H14FN5OS/c17-9-2-3-13(22-5-1-4-20-22)10(6-9)11-7-14(23)19-8-12-15(11)24-16(18)21-12/h1-6,11H,7-8H2,(H2,18,21)(H,19,23)/t11-/m1/s1. The van der Waals surface area contributed by atoms with Crippen molar-refractivity contribution < 1.29 is 9.18 Å². The Morgan fingerprint density at radius 3 is 3.08 bits per heavy atom. The van der Waals surface area contributed by atoms with Gasteiger partial charge < -0.3 is 11.1 Å². The number of carbonyl (C=O) groups excluding carboxylic acids is 1. The molecule has 1 amide bonds. The summed E-state index contributed by atoms with van der Waals surface area (Å²) < 4.78 is 15.6. The molecule has 4 rings (SSSR count). The summed E-state index contributed by atoms with van der Waals surface area (Å²) in [6, 6.07) is 6.31. The third-order valence-corrected chi connectivity index (χ3v) is 5.06. The lowest BCUT2D eigenvalue weighted by Crippen LogP contribution is -2.21. The summed E-state index contributed by atoms with van der Waals surface area (Å²) in [5.74, 6) is -0.767. The molecule has 1 atom stereocenters. The number of benzene rings is 1. The molecule has 0 saturated carbocycles. The van der Waals surface area contributed by atoms with E-state index in [1.54, 1.807) is 29.2 Å². The molecular formula is C16H14FN5OS. The van der Waals surface area contributed by atoms with Crippen molar-refractivity contribution in [2.45, 2.75) is 18.9 Å². The van der Waals surface area contributed by atoms with Crippen molar-refractivity contribution in [2.75, 3.05) is 5.73 Å². The van der Waals surface area contributed by atoms with E-state index in [1.807, 2.05) is 0 Å². The van der Waals surface area contributed by atoms with Gasteiger partial charge in [-0.3, -0.25) is 4.79 Å². The molecule has 6 nitrogen and oxygen atoms in total. The molecule has 3 N–H and O–H groups in total. The van der Waals surface area contributed by atoms with Crippen LogP contribution >= 0.6 is 11.3 Å². The molecule has 0 fully saturated rings. The fraction of sp³-hybridized carbons (Fsp3) is 0.188. The van der Waals surface area contributed by atoms with Crippen LogP contribution in [-0.2, 0) is 11.3 Å². The Bertz CT molecular complexity index is 905. The molecule has 0 bridgehead atoms. The van der Waals surface area contributed by atoms with E-state index in [2.05, 4.69) is 15.4 Å². The van der Waals surface area contributed by atoms with Crippen molar-refractivity contribution in [1.82, 2.24) is 20.1 Å². The lowest BCUT2D eigenvalue weighted by molar-refractivity contribution is -0.121. The molecular weight excluding hydrogens is 329 g/mol. The smallest absolute Gasteiger partial charge is 0.221 e. The minimum absolute atomic E-state index is 0.0977. The summed E-state index contributed by atoms with van der Waals surface area (Å²) in [5, 5.41) is 7.49. The summed E-state index contributed by atoms with van der Waals surface area (Å²) in [5.41, 5.74) is 8.02. The highest BCUT2D eigenvalue weighted by Crippen LogP contribution is 2.39. The molecule has 0 saturated heterocycles. The van der Waals surface area contributed by atoms with Crippen molar-refractivity contribution in [2.24, 2.45) is 0 Å². The maximum Gasteiger partial charge on any atom is 0.221 e. The van der Waals surface area contributed by atoms with Gasteiger partial charge in [-0.15, -0.1) is 11.3 Å². The second-order valence-electron chi connectivity index (χ2n) is 5.55. The zero-order chi connectivity index (χ0) is 16.7. The predicted octanol–water partition coefficient (Wildman–Crippen LogP) is 2.20. The van der Waals surface area contributed by atoms with Crippen molar-refractivity contribution in [1.29, 1.82) is 0 Å². The number of hydrogen-bond donors (Lipinski definition) is 2. The van der Waals surface area contributed by atoms with E-state index < -0.39 is 0 Å². The number of nitrogens with two attached hydrogens (primary N) is 1. The van der Waals surface area contributed by atoms with E-state index in [-0.39, 0.29) is 24.1 Å². The summed E-state index contributed by atoms with van der Waals surface area (Å²) >= 11 is 1.34. The quantitative estimate of drug-likeness (QED) is 0.747. The summed E-state index contributed by atoms with van der Waals surface area (Å²) in [4.78, 5) is 17.3. The number of nitrogen functional groups attached to an aromatic ring is 1. The van der Waals surface area contributed by atoms with E-state index >= 15 is 0 Å². The van der Waals surface area contributed by atoms with Crippen LogP contribution in [0.4, 0.5) is 9.52 Å². The first-order valence-corrected chi connectivity index (χ1v) is 8.24. The lowest BCUT2D eigenvalue weighted by atomic mass is 9.92. The molecule has 3 aromatic rings. The van der Waals surface area contributed by atoms with Crippen LogP contribution in [0.5, 0.6) is 0 Å². The first kappa shape index (κ1) is 14.8. The molecule has 1 aliphatic heterocycles. The first-order valence-electron chi connectivity index (χ1n) is 7.43. The molecule has 1 aromatic carbocycles. The molecule has 24 heavy (non-hydrogen) atoms. The van der Waals surface area contributed by atoms with E-state index in [1.165, 1.54) is 23.5 Å². The van der Waals surface area contributed by atoms with Crippen LogP contribution < -0.4 is 11.1 Å². The maximum atomic E-state index is 14.0. The van der Waals surface area contributed by atoms with Crippen molar-refractivity contribution in [3.63, 3.8) is 0 Å². The molecule has 0 aliphatic carbocycles. The van der Waals surface area contributed by atoms with Gasteiger partial charge in [0.2, 0.25) is 5.91 Å². The van der Waals surface area contributed by atoms with Crippen molar-refractivity contribution >= 4 is 22.4 Å². The summed E-state index contributed by atoms with van der Waals surface area (Å²) in [7, 11) is 0. The van der Waals surface area contributed by atoms with E-state index in [0.717, 1.165) is 16.3 Å². The number of aromatic nitrogens is 3. The average molecular weight is 343 g/mol. The van der Waals surface area contributed by atoms with E-state index in [0.29, 0.717) is 17.2 Å². The number of thiazole rings is 1. The van der Waals surface area contributed by atoms with Gasteiger partial charge >= 0.3 is 0 Å². The van der Waals surface area contributed by atoms with Gasteiger partial charge in [0.05, 0.1) is 17.9 Å². The first-order chi connectivity index (χ1) is 11.6. The van der Waals surface area contributed by atoms with E-state index in [9.17, 15) is 9.18 Å². The number of rotatable bonds is 2. The Morgan fingerprint density at radius 2 is 2.29 bits per heavy atom. The topological polar surface area (TPSA) is 85.8 Å². The number of nitrogens with one attached hydrogen (secondary N) is 1. The van der Waals surface area contributed by atoms with Crippen LogP contribution in [0, 0.1) is 5.82 Å². The molecule has 1 aliphatic rings. The number of fused-ring (bicyclic) bond motifs is 1. The Balaban J connectivity index is 1.91.